The number of methoxy groups -OCH3 is 1. The topological polar surface area (TPSA) is 70.6 Å². The molecule has 1 aliphatic heterocycles. The second-order valence-electron chi connectivity index (χ2n) is 7.28. The van der Waals surface area contributed by atoms with E-state index in [1.165, 1.54) is 5.56 Å². The molecule has 30 heavy (non-hydrogen) atoms. The maximum Gasteiger partial charge on any atom is 0.321 e. The number of aryl methyl sites for hydroxylation is 1. The highest BCUT2D eigenvalue weighted by Gasteiger charge is 2.22. The summed E-state index contributed by atoms with van der Waals surface area (Å²) in [5, 5.41) is 11.7. The number of amides is 2. The standard InChI is InChI=1S/C23H25N5O2/c1-17-3-7-19(8-4-17)24-23(29)28-15-13-27(14-16-28)22-12-11-21(25-26-22)18-5-9-20(30-2)10-6-18/h3-12H,13-16H2,1-2H3,(H,24,29). The number of rotatable bonds is 4. The molecule has 4 rings (SSSR count). The summed E-state index contributed by atoms with van der Waals surface area (Å²) in [6.45, 7) is 4.74. The van der Waals surface area contributed by atoms with Gasteiger partial charge in [-0.3, -0.25) is 0 Å². The fraction of sp³-hybridized carbons (Fsp3) is 0.261. The molecule has 1 aliphatic rings. The van der Waals surface area contributed by atoms with E-state index < -0.39 is 0 Å². The molecule has 0 spiro atoms. The van der Waals surface area contributed by atoms with Crippen LogP contribution in [0, 0.1) is 6.92 Å². The molecule has 2 heterocycles. The monoisotopic (exact) mass is 403 g/mol. The van der Waals surface area contributed by atoms with E-state index in [9.17, 15) is 4.79 Å². The van der Waals surface area contributed by atoms with Crippen molar-refractivity contribution in [1.29, 1.82) is 0 Å². The van der Waals surface area contributed by atoms with Crippen LogP contribution in [0.3, 0.4) is 0 Å². The Bertz CT molecular complexity index is 980. The largest absolute Gasteiger partial charge is 0.497 e. The highest BCUT2D eigenvalue weighted by molar-refractivity contribution is 5.89. The zero-order valence-corrected chi connectivity index (χ0v) is 17.2. The van der Waals surface area contributed by atoms with Crippen molar-refractivity contribution in [3.8, 4) is 17.0 Å². The van der Waals surface area contributed by atoms with Crippen LogP contribution in [0.1, 0.15) is 5.56 Å². The normalized spacial score (nSPS) is 13.8. The van der Waals surface area contributed by atoms with Crippen LogP contribution < -0.4 is 15.0 Å². The summed E-state index contributed by atoms with van der Waals surface area (Å²) in [6.07, 6.45) is 0. The molecule has 1 saturated heterocycles. The van der Waals surface area contributed by atoms with Gasteiger partial charge in [0.1, 0.15) is 5.75 Å². The maximum atomic E-state index is 12.5. The summed E-state index contributed by atoms with van der Waals surface area (Å²) in [5.41, 5.74) is 3.79. The molecular weight excluding hydrogens is 378 g/mol. The van der Waals surface area contributed by atoms with E-state index in [2.05, 4.69) is 20.4 Å². The van der Waals surface area contributed by atoms with Gasteiger partial charge in [0.2, 0.25) is 0 Å². The van der Waals surface area contributed by atoms with E-state index >= 15 is 0 Å². The lowest BCUT2D eigenvalue weighted by atomic mass is 10.1. The van der Waals surface area contributed by atoms with Gasteiger partial charge >= 0.3 is 6.03 Å². The summed E-state index contributed by atoms with van der Waals surface area (Å²) < 4.78 is 5.19. The lowest BCUT2D eigenvalue weighted by Gasteiger charge is -2.35. The summed E-state index contributed by atoms with van der Waals surface area (Å²) in [5.74, 6) is 1.64. The zero-order valence-electron chi connectivity index (χ0n) is 17.2. The van der Waals surface area contributed by atoms with Crippen molar-refractivity contribution in [2.45, 2.75) is 6.92 Å². The van der Waals surface area contributed by atoms with Gasteiger partial charge in [-0.15, -0.1) is 10.2 Å². The van der Waals surface area contributed by atoms with Crippen LogP contribution in [-0.2, 0) is 0 Å². The third-order valence-electron chi connectivity index (χ3n) is 5.23. The van der Waals surface area contributed by atoms with E-state index in [1.54, 1.807) is 7.11 Å². The number of nitrogens with one attached hydrogen (secondary N) is 1. The quantitative estimate of drug-likeness (QED) is 0.717. The molecule has 7 nitrogen and oxygen atoms in total. The summed E-state index contributed by atoms with van der Waals surface area (Å²) in [6, 6.07) is 19.4. The summed E-state index contributed by atoms with van der Waals surface area (Å²) in [7, 11) is 1.65. The van der Waals surface area contributed by atoms with Crippen molar-refractivity contribution < 1.29 is 9.53 Å². The number of anilines is 2. The fourth-order valence-electron chi connectivity index (χ4n) is 3.39. The van der Waals surface area contributed by atoms with E-state index in [0.717, 1.165) is 41.6 Å². The molecule has 0 unspecified atom stereocenters. The third kappa shape index (κ3) is 4.51. The molecule has 0 bridgehead atoms. The Hall–Kier alpha value is -3.61. The molecule has 2 amide bonds. The number of aromatic nitrogens is 2. The van der Waals surface area contributed by atoms with Gasteiger partial charge in [0.05, 0.1) is 12.8 Å². The second-order valence-corrected chi connectivity index (χ2v) is 7.28. The number of urea groups is 1. The number of benzene rings is 2. The van der Waals surface area contributed by atoms with Gasteiger partial charge in [0.25, 0.3) is 0 Å². The first kappa shape index (κ1) is 19.7. The molecule has 7 heteroatoms. The second kappa shape index (κ2) is 8.82. The molecule has 0 atom stereocenters. The molecule has 1 aromatic heterocycles. The van der Waals surface area contributed by atoms with E-state index in [4.69, 9.17) is 4.74 Å². The lowest BCUT2D eigenvalue weighted by molar-refractivity contribution is 0.208. The Morgan fingerprint density at radius 1 is 0.900 bits per heavy atom. The number of ether oxygens (including phenoxy) is 1. The van der Waals surface area contributed by atoms with Gasteiger partial charge in [-0.1, -0.05) is 17.7 Å². The van der Waals surface area contributed by atoms with Crippen LogP contribution in [0.25, 0.3) is 11.3 Å². The molecule has 1 fully saturated rings. The van der Waals surface area contributed by atoms with Gasteiger partial charge in [0.15, 0.2) is 5.82 Å². The van der Waals surface area contributed by atoms with Crippen LogP contribution >= 0.6 is 0 Å². The van der Waals surface area contributed by atoms with Crippen LogP contribution in [0.4, 0.5) is 16.3 Å². The minimum Gasteiger partial charge on any atom is -0.497 e. The molecule has 0 saturated carbocycles. The Morgan fingerprint density at radius 3 is 2.20 bits per heavy atom. The molecule has 2 aromatic carbocycles. The van der Waals surface area contributed by atoms with Crippen LogP contribution in [0.5, 0.6) is 5.75 Å². The van der Waals surface area contributed by atoms with Crippen molar-refractivity contribution >= 4 is 17.5 Å². The smallest absolute Gasteiger partial charge is 0.321 e. The van der Waals surface area contributed by atoms with Crippen LogP contribution in [-0.4, -0.2) is 54.4 Å². The van der Waals surface area contributed by atoms with Crippen LogP contribution in [0.15, 0.2) is 60.7 Å². The van der Waals surface area contributed by atoms with Gasteiger partial charge in [-0.25, -0.2) is 4.79 Å². The molecule has 154 valence electrons. The molecule has 0 aliphatic carbocycles. The Kier molecular flexibility index (Phi) is 5.79. The number of hydrogen-bond acceptors (Lipinski definition) is 5. The minimum absolute atomic E-state index is 0.0700. The number of piperazine rings is 1. The predicted molar refractivity (Wildman–Crippen MR) is 118 cm³/mol. The Labute approximate surface area is 176 Å². The zero-order chi connectivity index (χ0) is 20.9. The first-order valence-corrected chi connectivity index (χ1v) is 9.98. The lowest BCUT2D eigenvalue weighted by Crippen LogP contribution is -2.50. The highest BCUT2D eigenvalue weighted by Crippen LogP contribution is 2.22. The van der Waals surface area contributed by atoms with Crippen molar-refractivity contribution in [2.75, 3.05) is 43.5 Å². The van der Waals surface area contributed by atoms with Crippen molar-refractivity contribution in [1.82, 2.24) is 15.1 Å². The highest BCUT2D eigenvalue weighted by atomic mass is 16.5. The first-order chi connectivity index (χ1) is 14.6. The summed E-state index contributed by atoms with van der Waals surface area (Å²) in [4.78, 5) is 16.5. The van der Waals surface area contributed by atoms with Gasteiger partial charge in [-0.2, -0.15) is 0 Å². The molecule has 1 N–H and O–H groups in total. The molecule has 3 aromatic rings. The maximum absolute atomic E-state index is 12.5. The van der Waals surface area contributed by atoms with Crippen molar-refractivity contribution in [3.63, 3.8) is 0 Å². The Morgan fingerprint density at radius 2 is 1.60 bits per heavy atom. The van der Waals surface area contributed by atoms with Crippen molar-refractivity contribution in [2.24, 2.45) is 0 Å². The number of carbonyl (C=O) groups is 1. The third-order valence-corrected chi connectivity index (χ3v) is 5.23. The molecule has 0 radical (unpaired) electrons. The van der Waals surface area contributed by atoms with Gasteiger partial charge in [-0.05, 0) is 55.5 Å². The fourth-order valence-corrected chi connectivity index (χ4v) is 3.39. The van der Waals surface area contributed by atoms with Crippen LogP contribution in [0.2, 0.25) is 0 Å². The Balaban J connectivity index is 1.33. The first-order valence-electron chi connectivity index (χ1n) is 9.98. The average Bonchev–Trinajstić information content (AvgIpc) is 2.81. The van der Waals surface area contributed by atoms with E-state index in [0.29, 0.717) is 13.1 Å². The van der Waals surface area contributed by atoms with Crippen molar-refractivity contribution in [3.05, 3.63) is 66.2 Å². The predicted octanol–water partition coefficient (Wildman–Crippen LogP) is 3.81. The van der Waals surface area contributed by atoms with E-state index in [-0.39, 0.29) is 6.03 Å². The minimum atomic E-state index is -0.0700. The number of hydrogen-bond donors (Lipinski definition) is 1. The summed E-state index contributed by atoms with van der Waals surface area (Å²) >= 11 is 0. The average molecular weight is 403 g/mol. The number of nitrogens with zero attached hydrogens (tertiary/aromatic N) is 4. The van der Waals surface area contributed by atoms with Gasteiger partial charge < -0.3 is 19.9 Å². The molecular formula is C23H25N5O2. The van der Waals surface area contributed by atoms with E-state index in [1.807, 2.05) is 72.5 Å². The SMILES string of the molecule is COc1ccc(-c2ccc(N3CCN(C(=O)Nc4ccc(C)cc4)CC3)nn2)cc1. The number of carbonyl (C=O) groups excluding carboxylic acids is 1. The van der Waals surface area contributed by atoms with Gasteiger partial charge in [0, 0.05) is 37.4 Å².